The van der Waals surface area contributed by atoms with Gasteiger partial charge in [0.2, 0.25) is 0 Å². The van der Waals surface area contributed by atoms with Gasteiger partial charge in [0.25, 0.3) is 5.91 Å². The van der Waals surface area contributed by atoms with Crippen LogP contribution >= 0.6 is 11.6 Å². The van der Waals surface area contributed by atoms with Gasteiger partial charge in [0.05, 0.1) is 16.8 Å². The van der Waals surface area contributed by atoms with Crippen molar-refractivity contribution in [3.8, 4) is 11.3 Å². The first-order valence-electron chi connectivity index (χ1n) is 10.5. The smallest absolute Gasteiger partial charge is 0.368 e. The summed E-state index contributed by atoms with van der Waals surface area (Å²) in [5, 5.41) is 13.1. The maximum Gasteiger partial charge on any atom is 0.417 e. The number of rotatable bonds is 6. The number of carbonyl (C=O) groups excluding carboxylic acids is 1. The molecule has 3 aromatic rings. The van der Waals surface area contributed by atoms with Crippen molar-refractivity contribution in [1.29, 1.82) is 0 Å². The van der Waals surface area contributed by atoms with E-state index in [0.29, 0.717) is 12.1 Å². The zero-order valence-corrected chi connectivity index (χ0v) is 18.2. The number of anilines is 1. The van der Waals surface area contributed by atoms with Crippen LogP contribution in [0.3, 0.4) is 0 Å². The molecule has 0 atom stereocenters. The molecule has 0 saturated heterocycles. The predicted molar refractivity (Wildman–Crippen MR) is 118 cm³/mol. The third-order valence-corrected chi connectivity index (χ3v) is 6.02. The highest BCUT2D eigenvalue weighted by Crippen LogP contribution is 2.31. The highest BCUT2D eigenvalue weighted by atomic mass is 35.5. The third-order valence-electron chi connectivity index (χ3n) is 5.72. The van der Waals surface area contributed by atoms with Gasteiger partial charge in [0, 0.05) is 42.8 Å². The van der Waals surface area contributed by atoms with Gasteiger partial charge < -0.3 is 10.6 Å². The zero-order chi connectivity index (χ0) is 23.4. The highest BCUT2D eigenvalue weighted by Gasteiger charge is 2.33. The molecular weight excluding hydrogens is 457 g/mol. The normalized spacial score (nSPS) is 18.7. The number of hydrogen-bond donors (Lipinski definition) is 3. The molecule has 0 radical (unpaired) electrons. The lowest BCUT2D eigenvalue weighted by Gasteiger charge is -2.29. The average molecular weight is 479 g/mol. The number of nitrogens with zero attached hydrogens (tertiary/aromatic N) is 3. The second kappa shape index (κ2) is 9.78. The zero-order valence-electron chi connectivity index (χ0n) is 17.5. The van der Waals surface area contributed by atoms with Gasteiger partial charge in [-0.2, -0.15) is 18.3 Å². The van der Waals surface area contributed by atoms with E-state index in [2.05, 4.69) is 30.8 Å². The minimum atomic E-state index is -4.59. The highest BCUT2D eigenvalue weighted by molar-refractivity contribution is 6.32. The maximum atomic E-state index is 12.9. The van der Waals surface area contributed by atoms with Crippen LogP contribution in [0.5, 0.6) is 0 Å². The van der Waals surface area contributed by atoms with Crippen LogP contribution in [0.2, 0.25) is 5.15 Å². The van der Waals surface area contributed by atoms with E-state index in [1.807, 2.05) is 18.2 Å². The van der Waals surface area contributed by atoms with E-state index in [0.717, 1.165) is 55.4 Å². The molecule has 1 aliphatic rings. The van der Waals surface area contributed by atoms with Gasteiger partial charge in [-0.25, -0.2) is 4.98 Å². The molecule has 1 saturated carbocycles. The summed E-state index contributed by atoms with van der Waals surface area (Å²) in [4.78, 5) is 20.1. The molecule has 174 valence electrons. The second-order valence-corrected chi connectivity index (χ2v) is 8.40. The first kappa shape index (κ1) is 23.0. The number of amides is 1. The van der Waals surface area contributed by atoms with Crippen molar-refractivity contribution in [2.45, 2.75) is 37.9 Å². The fourth-order valence-electron chi connectivity index (χ4n) is 3.87. The van der Waals surface area contributed by atoms with Crippen molar-refractivity contribution in [2.75, 3.05) is 11.9 Å². The molecule has 33 heavy (non-hydrogen) atoms. The van der Waals surface area contributed by atoms with E-state index in [1.165, 1.54) is 0 Å². The number of aromatic nitrogens is 4. The summed E-state index contributed by atoms with van der Waals surface area (Å²) in [5.74, 6) is 0.506. The molecule has 7 nitrogen and oxygen atoms in total. The van der Waals surface area contributed by atoms with Crippen LogP contribution in [-0.4, -0.2) is 38.7 Å². The molecule has 0 bridgehead atoms. The molecule has 0 spiro atoms. The molecular formula is C22H22ClF3N6O. The van der Waals surface area contributed by atoms with Crippen LogP contribution in [0.1, 0.15) is 41.6 Å². The fourth-order valence-corrected chi connectivity index (χ4v) is 4.06. The first-order chi connectivity index (χ1) is 15.8. The molecule has 3 heterocycles. The van der Waals surface area contributed by atoms with E-state index in [-0.39, 0.29) is 16.8 Å². The van der Waals surface area contributed by atoms with Gasteiger partial charge in [-0.1, -0.05) is 11.6 Å². The minimum absolute atomic E-state index is 0.123. The van der Waals surface area contributed by atoms with Gasteiger partial charge >= 0.3 is 6.18 Å². The largest absolute Gasteiger partial charge is 0.417 e. The van der Waals surface area contributed by atoms with Crippen molar-refractivity contribution >= 4 is 23.3 Å². The average Bonchev–Trinajstić information content (AvgIpc) is 3.28. The molecule has 1 aliphatic carbocycles. The third kappa shape index (κ3) is 5.81. The summed E-state index contributed by atoms with van der Waals surface area (Å²) in [7, 11) is 0. The maximum absolute atomic E-state index is 12.9. The van der Waals surface area contributed by atoms with Crippen molar-refractivity contribution in [2.24, 2.45) is 5.92 Å². The molecule has 1 amide bonds. The number of aromatic amines is 1. The Kier molecular flexibility index (Phi) is 6.83. The molecule has 11 heteroatoms. The summed E-state index contributed by atoms with van der Waals surface area (Å²) in [5.41, 5.74) is 0.556. The van der Waals surface area contributed by atoms with E-state index < -0.39 is 17.6 Å². The Balaban J connectivity index is 1.26. The topological polar surface area (TPSA) is 95.6 Å². The predicted octanol–water partition coefficient (Wildman–Crippen LogP) is 4.94. The van der Waals surface area contributed by atoms with Crippen LogP contribution in [0.4, 0.5) is 19.0 Å². The first-order valence-corrected chi connectivity index (χ1v) is 10.9. The van der Waals surface area contributed by atoms with Crippen molar-refractivity contribution < 1.29 is 18.0 Å². The van der Waals surface area contributed by atoms with E-state index in [1.54, 1.807) is 12.4 Å². The van der Waals surface area contributed by atoms with Gasteiger partial charge in [-0.05, 0) is 49.8 Å². The summed E-state index contributed by atoms with van der Waals surface area (Å²) in [6.45, 7) is 0.737. The summed E-state index contributed by atoms with van der Waals surface area (Å²) >= 11 is 5.86. The Labute approximate surface area is 193 Å². The lowest BCUT2D eigenvalue weighted by atomic mass is 9.86. The van der Waals surface area contributed by atoms with Crippen LogP contribution in [0, 0.1) is 5.92 Å². The van der Waals surface area contributed by atoms with E-state index in [9.17, 15) is 18.0 Å². The molecule has 0 unspecified atom stereocenters. The van der Waals surface area contributed by atoms with Gasteiger partial charge in [0.1, 0.15) is 11.0 Å². The SMILES string of the molecule is O=C(NC1CCC(CNc2cc(-c3cccnc3)[nH]n2)CC1)c1cc(C(F)(F)F)cnc1Cl. The summed E-state index contributed by atoms with van der Waals surface area (Å²) in [6, 6.07) is 6.35. The Morgan fingerprint density at radius 3 is 2.67 bits per heavy atom. The Morgan fingerprint density at radius 2 is 1.97 bits per heavy atom. The minimum Gasteiger partial charge on any atom is -0.368 e. The molecule has 3 N–H and O–H groups in total. The quantitative estimate of drug-likeness (QED) is 0.436. The number of H-pyrrole nitrogens is 1. The Morgan fingerprint density at radius 1 is 1.18 bits per heavy atom. The van der Waals surface area contributed by atoms with Gasteiger partial charge in [-0.15, -0.1) is 0 Å². The van der Waals surface area contributed by atoms with Gasteiger partial charge in [0.15, 0.2) is 0 Å². The van der Waals surface area contributed by atoms with Crippen molar-refractivity contribution in [3.63, 3.8) is 0 Å². The summed E-state index contributed by atoms with van der Waals surface area (Å²) < 4.78 is 38.8. The number of halogens is 4. The number of pyridine rings is 2. The Hall–Kier alpha value is -3.14. The Bertz CT molecular complexity index is 1100. The molecule has 4 rings (SSSR count). The number of hydrogen-bond acceptors (Lipinski definition) is 5. The number of nitrogens with one attached hydrogen (secondary N) is 3. The monoisotopic (exact) mass is 478 g/mol. The fraction of sp³-hybridized carbons (Fsp3) is 0.364. The van der Waals surface area contributed by atoms with Crippen LogP contribution in [0.25, 0.3) is 11.3 Å². The molecule has 3 aromatic heterocycles. The van der Waals surface area contributed by atoms with Crippen molar-refractivity contribution in [3.05, 3.63) is 59.1 Å². The number of alkyl halides is 3. The van der Waals surface area contributed by atoms with Crippen LogP contribution in [-0.2, 0) is 6.18 Å². The lowest BCUT2D eigenvalue weighted by molar-refractivity contribution is -0.137. The van der Waals surface area contributed by atoms with Crippen LogP contribution < -0.4 is 10.6 Å². The van der Waals surface area contributed by atoms with Crippen LogP contribution in [0.15, 0.2) is 42.9 Å². The molecule has 1 fully saturated rings. The van der Waals surface area contributed by atoms with E-state index >= 15 is 0 Å². The van der Waals surface area contributed by atoms with E-state index in [4.69, 9.17) is 11.6 Å². The van der Waals surface area contributed by atoms with Gasteiger partial charge in [-0.3, -0.25) is 14.9 Å². The number of carbonyl (C=O) groups is 1. The standard InChI is InChI=1S/C22H22ClF3N6O/c23-20-17(8-15(12-29-20)22(24,25)26)21(33)30-16-5-3-13(4-6-16)10-28-19-9-18(31-32-19)14-2-1-7-27-11-14/h1-2,7-9,11-13,16H,3-6,10H2,(H,30,33)(H2,28,31,32). The molecule has 0 aliphatic heterocycles. The lowest BCUT2D eigenvalue weighted by Crippen LogP contribution is -2.38. The second-order valence-electron chi connectivity index (χ2n) is 8.04. The molecule has 0 aromatic carbocycles. The van der Waals surface area contributed by atoms with Crippen molar-refractivity contribution in [1.82, 2.24) is 25.5 Å². The summed E-state index contributed by atoms with van der Waals surface area (Å²) in [6.07, 6.45) is 2.69.